The van der Waals surface area contributed by atoms with Crippen LogP contribution in [0.15, 0.2) is 30.3 Å². The van der Waals surface area contributed by atoms with E-state index >= 15 is 0 Å². The quantitative estimate of drug-likeness (QED) is 0.412. The lowest BCUT2D eigenvalue weighted by Crippen LogP contribution is -1.91. The van der Waals surface area contributed by atoms with Crippen LogP contribution in [0.25, 0.3) is 6.08 Å². The summed E-state index contributed by atoms with van der Waals surface area (Å²) in [7, 11) is 0.816. The average molecular weight is 281 g/mol. The monoisotopic (exact) mass is 280 g/mol. The minimum Gasteiger partial charge on any atom is -0.131 e. The molecule has 0 aliphatic carbocycles. The molecule has 0 nitrogen and oxygen atoms in total. The van der Waals surface area contributed by atoms with Gasteiger partial charge in [-0.2, -0.15) is 0 Å². The highest BCUT2D eigenvalue weighted by molar-refractivity contribution is 9.23. The summed E-state index contributed by atoms with van der Waals surface area (Å²) in [5.41, 5.74) is 2.82. The smallest absolute Gasteiger partial charge is 0.131 e. The maximum Gasteiger partial charge on any atom is 0.142 e. The Morgan fingerprint density at radius 3 is 2.87 bits per heavy atom. The molecule has 0 atom stereocenters. The number of hydrogen-bond donors (Lipinski definition) is 0. The Morgan fingerprint density at radius 1 is 1.33 bits per heavy atom. The molecular formula is C13H17BrSi. The molecule has 2 heteroatoms. The second kappa shape index (κ2) is 7.89. The van der Waals surface area contributed by atoms with E-state index in [1.807, 2.05) is 0 Å². The molecule has 0 aromatic heterocycles. The molecule has 0 saturated heterocycles. The van der Waals surface area contributed by atoms with Gasteiger partial charge in [-0.25, -0.2) is 0 Å². The second-order valence-corrected chi connectivity index (χ2v) is 5.86. The maximum absolute atomic E-state index is 3.52. The van der Waals surface area contributed by atoms with Crippen molar-refractivity contribution in [1.82, 2.24) is 0 Å². The summed E-state index contributed by atoms with van der Waals surface area (Å²) in [6.07, 6.45) is 8.31. The fourth-order valence-corrected chi connectivity index (χ4v) is 2.83. The van der Waals surface area contributed by atoms with E-state index < -0.39 is 0 Å². The van der Waals surface area contributed by atoms with Gasteiger partial charge in [-0.3, -0.25) is 0 Å². The number of allylic oxidation sites excluding steroid dienone is 1. The highest BCUT2D eigenvalue weighted by atomic mass is 79.9. The van der Waals surface area contributed by atoms with Crippen LogP contribution >= 0.6 is 15.3 Å². The summed E-state index contributed by atoms with van der Waals surface area (Å²) in [5.74, 6) is 0. The van der Waals surface area contributed by atoms with Gasteiger partial charge in [0.25, 0.3) is 0 Å². The van der Waals surface area contributed by atoms with E-state index in [0.717, 1.165) is 14.2 Å². The molecule has 0 heterocycles. The topological polar surface area (TPSA) is 0 Å². The molecule has 1 aromatic rings. The Morgan fingerprint density at radius 2 is 2.13 bits per heavy atom. The first-order valence-corrected chi connectivity index (χ1v) is 8.92. The fraction of sp³-hybridized carbons (Fsp3) is 0.385. The van der Waals surface area contributed by atoms with Crippen LogP contribution in [0.5, 0.6) is 0 Å². The fourth-order valence-electron chi connectivity index (χ4n) is 1.46. The van der Waals surface area contributed by atoms with Gasteiger partial charge in [0, 0.05) is 0 Å². The molecule has 0 aliphatic rings. The average Bonchev–Trinajstić information content (AvgIpc) is 2.27. The van der Waals surface area contributed by atoms with E-state index in [1.54, 1.807) is 0 Å². The van der Waals surface area contributed by atoms with Crippen molar-refractivity contribution in [3.05, 3.63) is 41.5 Å². The van der Waals surface area contributed by atoms with Crippen LogP contribution < -0.4 is 0 Å². The zero-order valence-corrected chi connectivity index (χ0v) is 11.8. The molecular weight excluding hydrogens is 264 g/mol. The van der Waals surface area contributed by atoms with Gasteiger partial charge in [0.1, 0.15) is 8.14 Å². The van der Waals surface area contributed by atoms with E-state index in [-0.39, 0.29) is 0 Å². The summed E-state index contributed by atoms with van der Waals surface area (Å²) in [4.78, 5) is 0. The third-order valence-electron chi connectivity index (χ3n) is 2.33. The van der Waals surface area contributed by atoms with Gasteiger partial charge in [-0.1, -0.05) is 56.2 Å². The van der Waals surface area contributed by atoms with Crippen LogP contribution in [0, 0.1) is 0 Å². The summed E-state index contributed by atoms with van der Waals surface area (Å²) in [6.45, 7) is 2.23. The molecule has 1 aromatic carbocycles. The van der Waals surface area contributed by atoms with Crippen LogP contribution in [-0.2, 0) is 6.04 Å². The minimum absolute atomic E-state index is 0.816. The van der Waals surface area contributed by atoms with E-state index in [1.165, 1.54) is 30.4 Å². The molecule has 0 N–H and O–H groups in total. The van der Waals surface area contributed by atoms with Crippen molar-refractivity contribution >= 4 is 29.5 Å². The predicted molar refractivity (Wildman–Crippen MR) is 73.4 cm³/mol. The molecule has 0 spiro atoms. The van der Waals surface area contributed by atoms with Crippen LogP contribution in [-0.4, -0.2) is 8.14 Å². The molecule has 80 valence electrons. The Balaban J connectivity index is 2.62. The molecule has 0 bridgehead atoms. The summed E-state index contributed by atoms with van der Waals surface area (Å²) < 4.78 is 0. The lowest BCUT2D eigenvalue weighted by molar-refractivity contribution is 0.816. The third-order valence-corrected chi connectivity index (χ3v) is 3.69. The Labute approximate surface area is 103 Å². The second-order valence-electron chi connectivity index (χ2n) is 3.55. The van der Waals surface area contributed by atoms with Gasteiger partial charge in [0.15, 0.2) is 0 Å². The zero-order valence-electron chi connectivity index (χ0n) is 9.17. The number of rotatable bonds is 6. The van der Waals surface area contributed by atoms with Gasteiger partial charge in [0.2, 0.25) is 0 Å². The molecule has 15 heavy (non-hydrogen) atoms. The van der Waals surface area contributed by atoms with Crippen LogP contribution in [0.1, 0.15) is 37.3 Å². The highest BCUT2D eigenvalue weighted by Gasteiger charge is 1.97. The molecule has 0 amide bonds. The summed E-state index contributed by atoms with van der Waals surface area (Å²) >= 11 is 3.52. The van der Waals surface area contributed by atoms with Crippen molar-refractivity contribution in [2.75, 3.05) is 0 Å². The largest absolute Gasteiger partial charge is 0.142 e. The Bertz CT molecular complexity index is 307. The molecule has 0 unspecified atom stereocenters. The first kappa shape index (κ1) is 12.7. The van der Waals surface area contributed by atoms with Crippen molar-refractivity contribution in [1.29, 1.82) is 0 Å². The number of benzene rings is 1. The van der Waals surface area contributed by atoms with Gasteiger partial charge < -0.3 is 0 Å². The van der Waals surface area contributed by atoms with Crippen LogP contribution in [0.4, 0.5) is 0 Å². The molecule has 0 fully saturated rings. The standard InChI is InChI=1S/C13H17BrSi/c1-2-3-4-5-8-12-9-6-7-10-13(12)11-15-14/h5-10H,2-4,11H2,1H3. The molecule has 2 radical (unpaired) electrons. The lowest BCUT2D eigenvalue weighted by atomic mass is 10.1. The van der Waals surface area contributed by atoms with Gasteiger partial charge in [-0.15, -0.1) is 15.3 Å². The maximum atomic E-state index is 3.52. The van der Waals surface area contributed by atoms with Gasteiger partial charge >= 0.3 is 0 Å². The van der Waals surface area contributed by atoms with Crippen LogP contribution in [0.2, 0.25) is 0 Å². The highest BCUT2D eigenvalue weighted by Crippen LogP contribution is 2.12. The van der Waals surface area contributed by atoms with Crippen molar-refractivity contribution in [3.63, 3.8) is 0 Å². The first-order chi connectivity index (χ1) is 7.38. The van der Waals surface area contributed by atoms with E-state index in [2.05, 4.69) is 58.6 Å². The molecule has 0 saturated carbocycles. The molecule has 1 rings (SSSR count). The van der Waals surface area contributed by atoms with Crippen molar-refractivity contribution in [3.8, 4) is 0 Å². The van der Waals surface area contributed by atoms with Crippen molar-refractivity contribution < 1.29 is 0 Å². The van der Waals surface area contributed by atoms with E-state index in [9.17, 15) is 0 Å². The van der Waals surface area contributed by atoms with E-state index in [4.69, 9.17) is 0 Å². The van der Waals surface area contributed by atoms with Crippen molar-refractivity contribution in [2.24, 2.45) is 0 Å². The van der Waals surface area contributed by atoms with Gasteiger partial charge in [0.05, 0.1) is 0 Å². The van der Waals surface area contributed by atoms with Crippen molar-refractivity contribution in [2.45, 2.75) is 32.2 Å². The Kier molecular flexibility index (Phi) is 6.69. The number of hydrogen-bond acceptors (Lipinski definition) is 0. The predicted octanol–water partition coefficient (Wildman–Crippen LogP) is 4.40. The number of unbranched alkanes of at least 4 members (excludes halogenated alkanes) is 2. The normalized spacial score (nSPS) is 11.1. The zero-order chi connectivity index (χ0) is 10.9. The van der Waals surface area contributed by atoms with Gasteiger partial charge in [-0.05, 0) is 23.6 Å². The number of halogens is 1. The molecule has 0 aliphatic heterocycles. The lowest BCUT2D eigenvalue weighted by Gasteiger charge is -2.02. The third kappa shape index (κ3) is 4.80. The Hall–Kier alpha value is -0.343. The summed E-state index contributed by atoms with van der Waals surface area (Å²) in [5, 5.41) is 0. The first-order valence-electron chi connectivity index (χ1n) is 5.46. The SMILES string of the molecule is CCCCC=Cc1ccccc1C[Si]Br. The summed E-state index contributed by atoms with van der Waals surface area (Å²) in [6, 6.07) is 9.78. The van der Waals surface area contributed by atoms with E-state index in [0.29, 0.717) is 0 Å². The van der Waals surface area contributed by atoms with Crippen LogP contribution in [0.3, 0.4) is 0 Å². The minimum atomic E-state index is 0.816.